The van der Waals surface area contributed by atoms with Gasteiger partial charge in [-0.05, 0) is 26.3 Å². The number of benzene rings is 1. The Morgan fingerprint density at radius 2 is 1.86 bits per heavy atom. The highest BCUT2D eigenvalue weighted by atomic mass is 19.4. The Labute approximate surface area is 210 Å². The van der Waals surface area contributed by atoms with Crippen LogP contribution in [0.15, 0.2) is 42.7 Å². The van der Waals surface area contributed by atoms with Crippen molar-refractivity contribution < 1.29 is 22.4 Å². The Hall–Kier alpha value is -3.96. The smallest absolute Gasteiger partial charge is 0.331 e. The number of imidazole rings is 1. The molecule has 12 heteroatoms. The first-order valence-corrected chi connectivity index (χ1v) is 11.9. The van der Waals surface area contributed by atoms with Crippen LogP contribution in [0.4, 0.5) is 23.4 Å². The van der Waals surface area contributed by atoms with E-state index in [-0.39, 0.29) is 36.4 Å². The second kappa shape index (κ2) is 9.16. The van der Waals surface area contributed by atoms with Gasteiger partial charge in [-0.1, -0.05) is 24.3 Å². The quantitative estimate of drug-likeness (QED) is 0.327. The summed E-state index contributed by atoms with van der Waals surface area (Å²) in [5, 5.41) is 8.64. The van der Waals surface area contributed by atoms with Gasteiger partial charge in [-0.3, -0.25) is 14.4 Å². The van der Waals surface area contributed by atoms with E-state index < -0.39 is 17.7 Å². The molecule has 37 heavy (non-hydrogen) atoms. The summed E-state index contributed by atoms with van der Waals surface area (Å²) in [6.07, 6.45) is -2.13. The van der Waals surface area contributed by atoms with Gasteiger partial charge < -0.3 is 4.57 Å². The van der Waals surface area contributed by atoms with E-state index in [4.69, 9.17) is 0 Å². The molecule has 0 N–H and O–H groups in total. The Morgan fingerprint density at radius 1 is 1.14 bits per heavy atom. The third-order valence-electron chi connectivity index (χ3n) is 6.32. The summed E-state index contributed by atoms with van der Waals surface area (Å²) in [5.41, 5.74) is 1.03. The Balaban J connectivity index is 1.43. The molecule has 4 aromatic rings. The summed E-state index contributed by atoms with van der Waals surface area (Å²) < 4.78 is 58.7. The molecular formula is C25H25F4N7O. The molecule has 194 valence electrons. The van der Waals surface area contributed by atoms with Crippen molar-refractivity contribution in [3.05, 3.63) is 59.8 Å². The van der Waals surface area contributed by atoms with E-state index in [2.05, 4.69) is 15.2 Å². The van der Waals surface area contributed by atoms with Gasteiger partial charge in [-0.25, -0.2) is 14.1 Å². The van der Waals surface area contributed by atoms with Crippen LogP contribution >= 0.6 is 0 Å². The molecule has 1 amide bonds. The molecular weight excluding hydrogens is 490 g/mol. The van der Waals surface area contributed by atoms with Gasteiger partial charge in [0.25, 0.3) is 0 Å². The molecule has 0 fully saturated rings. The minimum atomic E-state index is -4.53. The van der Waals surface area contributed by atoms with Crippen LogP contribution in [0.25, 0.3) is 22.8 Å². The van der Waals surface area contributed by atoms with E-state index in [1.807, 2.05) is 13.8 Å². The van der Waals surface area contributed by atoms with E-state index in [0.717, 1.165) is 18.0 Å². The lowest BCUT2D eigenvalue weighted by molar-refractivity contribution is -0.140. The molecule has 0 spiro atoms. The highest BCUT2D eigenvalue weighted by Crippen LogP contribution is 2.33. The lowest BCUT2D eigenvalue weighted by Crippen LogP contribution is -2.36. The van der Waals surface area contributed by atoms with Crippen LogP contribution in [0.5, 0.6) is 0 Å². The molecule has 1 aromatic carbocycles. The molecule has 0 bridgehead atoms. The normalized spacial score (nSPS) is 14.1. The Bertz CT molecular complexity index is 1450. The monoisotopic (exact) mass is 515 g/mol. The van der Waals surface area contributed by atoms with Gasteiger partial charge >= 0.3 is 6.18 Å². The predicted molar refractivity (Wildman–Crippen MR) is 128 cm³/mol. The zero-order valence-electron chi connectivity index (χ0n) is 20.5. The SMILES string of the molecule is CCn1cc(C(F)(F)F)nc1-c1ccc(CN2C(=O)CCn3nc(-c4c(F)cnn4C(C)C)cc32)cc1. The van der Waals surface area contributed by atoms with E-state index in [9.17, 15) is 22.4 Å². The molecule has 1 aliphatic rings. The van der Waals surface area contributed by atoms with Crippen molar-refractivity contribution in [3.8, 4) is 22.8 Å². The lowest BCUT2D eigenvalue weighted by atomic mass is 10.1. The van der Waals surface area contributed by atoms with Gasteiger partial charge in [0.2, 0.25) is 5.91 Å². The van der Waals surface area contributed by atoms with Crippen molar-refractivity contribution in [1.82, 2.24) is 29.1 Å². The number of rotatable bonds is 6. The van der Waals surface area contributed by atoms with Crippen LogP contribution in [0.2, 0.25) is 0 Å². The summed E-state index contributed by atoms with van der Waals surface area (Å²) in [6.45, 7) is 6.48. The fourth-order valence-corrected chi connectivity index (χ4v) is 4.48. The molecule has 5 rings (SSSR count). The number of aryl methyl sites for hydroxylation is 2. The van der Waals surface area contributed by atoms with Crippen molar-refractivity contribution in [3.63, 3.8) is 0 Å². The van der Waals surface area contributed by atoms with Crippen LogP contribution in [0.3, 0.4) is 0 Å². The van der Waals surface area contributed by atoms with Crippen molar-refractivity contribution in [1.29, 1.82) is 0 Å². The van der Waals surface area contributed by atoms with E-state index in [1.54, 1.807) is 51.5 Å². The summed E-state index contributed by atoms with van der Waals surface area (Å²) in [7, 11) is 0. The molecule has 1 aliphatic heterocycles. The maximum absolute atomic E-state index is 14.6. The number of amides is 1. The second-order valence-electron chi connectivity index (χ2n) is 9.15. The van der Waals surface area contributed by atoms with Crippen LogP contribution in [-0.2, 0) is 30.6 Å². The number of nitrogens with zero attached hydrogens (tertiary/aromatic N) is 7. The topological polar surface area (TPSA) is 73.8 Å². The van der Waals surface area contributed by atoms with Crippen LogP contribution in [-0.4, -0.2) is 35.0 Å². The molecule has 0 aliphatic carbocycles. The maximum Gasteiger partial charge on any atom is 0.434 e. The lowest BCUT2D eigenvalue weighted by Gasteiger charge is -2.27. The third-order valence-corrected chi connectivity index (χ3v) is 6.32. The van der Waals surface area contributed by atoms with Crippen LogP contribution in [0, 0.1) is 5.82 Å². The highest BCUT2D eigenvalue weighted by molar-refractivity contribution is 5.94. The number of carbonyl (C=O) groups is 1. The first-order chi connectivity index (χ1) is 17.6. The van der Waals surface area contributed by atoms with E-state index >= 15 is 0 Å². The van der Waals surface area contributed by atoms with Gasteiger partial charge in [0, 0.05) is 36.8 Å². The predicted octanol–water partition coefficient (Wildman–Crippen LogP) is 5.31. The van der Waals surface area contributed by atoms with Crippen molar-refractivity contribution in [2.24, 2.45) is 0 Å². The second-order valence-corrected chi connectivity index (χ2v) is 9.15. The number of hydrogen-bond donors (Lipinski definition) is 0. The molecule has 0 atom stereocenters. The minimum absolute atomic E-state index is 0.0787. The zero-order chi connectivity index (χ0) is 26.5. The average molecular weight is 516 g/mol. The Kier molecular flexibility index (Phi) is 6.12. The number of anilines is 1. The number of fused-ring (bicyclic) bond motifs is 1. The Morgan fingerprint density at radius 3 is 2.51 bits per heavy atom. The number of halogens is 4. The summed E-state index contributed by atoms with van der Waals surface area (Å²) >= 11 is 0. The van der Waals surface area contributed by atoms with Crippen molar-refractivity contribution in [2.75, 3.05) is 4.90 Å². The third kappa shape index (κ3) is 4.51. The first-order valence-electron chi connectivity index (χ1n) is 11.9. The van der Waals surface area contributed by atoms with Crippen LogP contribution in [0.1, 0.15) is 44.5 Å². The number of carbonyl (C=O) groups excluding carboxylic acids is 1. The van der Waals surface area contributed by atoms with Crippen molar-refractivity contribution in [2.45, 2.75) is 59.0 Å². The van der Waals surface area contributed by atoms with Gasteiger partial charge in [-0.2, -0.15) is 23.4 Å². The first kappa shape index (κ1) is 24.7. The number of hydrogen-bond acceptors (Lipinski definition) is 4. The summed E-state index contributed by atoms with van der Waals surface area (Å²) in [4.78, 5) is 18.2. The fourth-order valence-electron chi connectivity index (χ4n) is 4.48. The number of alkyl halides is 3. The standard InChI is InChI=1S/C25H25F4N7O/c1-4-33-14-20(25(27,28)29)31-24(33)17-7-5-16(6-8-17)13-34-21-11-19(32-35(21)10-9-22(34)37)23-18(26)12-30-36(23)15(2)3/h5-8,11-12,14-15H,4,9-10,13H2,1-3H3. The average Bonchev–Trinajstić information content (AvgIpc) is 3.57. The number of aromatic nitrogens is 6. The van der Waals surface area contributed by atoms with Gasteiger partial charge in [0.15, 0.2) is 11.5 Å². The molecule has 0 saturated carbocycles. The minimum Gasteiger partial charge on any atom is -0.331 e. The van der Waals surface area contributed by atoms with E-state index in [1.165, 1.54) is 4.57 Å². The van der Waals surface area contributed by atoms with E-state index in [0.29, 0.717) is 30.2 Å². The highest BCUT2D eigenvalue weighted by Gasteiger charge is 2.35. The largest absolute Gasteiger partial charge is 0.434 e. The maximum atomic E-state index is 14.6. The molecule has 8 nitrogen and oxygen atoms in total. The molecule has 0 saturated heterocycles. The fraction of sp³-hybridized carbons (Fsp3) is 0.360. The zero-order valence-corrected chi connectivity index (χ0v) is 20.5. The summed E-state index contributed by atoms with van der Waals surface area (Å²) in [5.74, 6) is 0.179. The van der Waals surface area contributed by atoms with Crippen molar-refractivity contribution >= 4 is 11.7 Å². The molecule has 0 unspecified atom stereocenters. The van der Waals surface area contributed by atoms with Gasteiger partial charge in [0.1, 0.15) is 23.0 Å². The van der Waals surface area contributed by atoms with Gasteiger partial charge in [-0.15, -0.1) is 0 Å². The summed E-state index contributed by atoms with van der Waals surface area (Å²) in [6, 6.07) is 8.50. The molecule has 3 aromatic heterocycles. The molecule has 0 radical (unpaired) electrons. The van der Waals surface area contributed by atoms with Gasteiger partial charge in [0.05, 0.1) is 19.3 Å². The molecule has 4 heterocycles. The van der Waals surface area contributed by atoms with Crippen LogP contribution < -0.4 is 4.90 Å².